The quantitative estimate of drug-likeness (QED) is 0.734. The molecule has 1 atom stereocenters. The SMILES string of the molecule is CN1CCN(CCC2COC/C2=C\[Si](C)(C)C)CC1. The van der Waals surface area contributed by atoms with E-state index in [4.69, 9.17) is 4.74 Å². The number of ether oxygens (including phenoxy) is 1. The maximum Gasteiger partial charge on any atom is 0.0687 e. The predicted octanol–water partition coefficient (Wildman–Crippen LogP) is 2.07. The standard InChI is InChI=1S/C15H30N2OSi/c1-16-7-9-17(10-8-16)6-5-14-11-18-12-15(14)13-19(2,3)4/h13-14H,5-12H2,1-4H3/b15-13+. The number of hydrogen-bond donors (Lipinski definition) is 0. The first kappa shape index (κ1) is 15.2. The van der Waals surface area contributed by atoms with Crippen LogP contribution in [-0.4, -0.2) is 70.9 Å². The molecule has 3 nitrogen and oxygen atoms in total. The van der Waals surface area contributed by atoms with E-state index in [1.165, 1.54) is 39.1 Å². The van der Waals surface area contributed by atoms with Crippen molar-refractivity contribution in [2.45, 2.75) is 26.1 Å². The Balaban J connectivity index is 1.80. The van der Waals surface area contributed by atoms with E-state index in [1.807, 2.05) is 0 Å². The molecule has 0 amide bonds. The van der Waals surface area contributed by atoms with Crippen LogP contribution in [0.4, 0.5) is 0 Å². The number of nitrogens with zero attached hydrogens (tertiary/aromatic N) is 2. The van der Waals surface area contributed by atoms with E-state index in [1.54, 1.807) is 5.57 Å². The smallest absolute Gasteiger partial charge is 0.0687 e. The van der Waals surface area contributed by atoms with Crippen LogP contribution in [-0.2, 0) is 4.74 Å². The number of likely N-dealkylation sites (N-methyl/N-ethyl adjacent to an activating group) is 1. The lowest BCUT2D eigenvalue weighted by molar-refractivity contribution is 0.141. The van der Waals surface area contributed by atoms with Crippen LogP contribution >= 0.6 is 0 Å². The minimum Gasteiger partial charge on any atom is -0.376 e. The fourth-order valence-electron chi connectivity index (χ4n) is 2.94. The minimum absolute atomic E-state index is 0.686. The number of rotatable bonds is 4. The van der Waals surface area contributed by atoms with Gasteiger partial charge in [-0.25, -0.2) is 0 Å². The van der Waals surface area contributed by atoms with E-state index in [0.717, 1.165) is 13.2 Å². The molecule has 2 rings (SSSR count). The van der Waals surface area contributed by atoms with Crippen molar-refractivity contribution < 1.29 is 4.74 Å². The Bertz CT molecular complexity index is 317. The molecule has 0 N–H and O–H groups in total. The Kier molecular flexibility index (Phi) is 5.23. The van der Waals surface area contributed by atoms with Crippen molar-refractivity contribution in [1.29, 1.82) is 0 Å². The van der Waals surface area contributed by atoms with Gasteiger partial charge in [0.15, 0.2) is 0 Å². The molecule has 0 aromatic carbocycles. The molecule has 2 aliphatic heterocycles. The molecule has 0 spiro atoms. The average molecular weight is 283 g/mol. The van der Waals surface area contributed by atoms with Crippen molar-refractivity contribution in [3.8, 4) is 0 Å². The third-order valence-corrected chi connectivity index (χ3v) is 5.36. The van der Waals surface area contributed by atoms with Crippen molar-refractivity contribution >= 4 is 8.07 Å². The van der Waals surface area contributed by atoms with Gasteiger partial charge >= 0.3 is 0 Å². The maximum atomic E-state index is 5.70. The Morgan fingerprint density at radius 1 is 1.21 bits per heavy atom. The highest BCUT2D eigenvalue weighted by Crippen LogP contribution is 2.25. The zero-order chi connectivity index (χ0) is 13.9. The lowest BCUT2D eigenvalue weighted by atomic mass is 10.00. The van der Waals surface area contributed by atoms with Crippen LogP contribution in [0.2, 0.25) is 19.6 Å². The molecule has 2 heterocycles. The lowest BCUT2D eigenvalue weighted by Gasteiger charge is -2.33. The van der Waals surface area contributed by atoms with Gasteiger partial charge in [0.2, 0.25) is 0 Å². The van der Waals surface area contributed by atoms with Crippen molar-refractivity contribution in [3.05, 3.63) is 11.3 Å². The van der Waals surface area contributed by atoms with Gasteiger partial charge in [-0.2, -0.15) is 0 Å². The third-order valence-electron chi connectivity index (χ3n) is 4.12. The summed E-state index contributed by atoms with van der Waals surface area (Å²) in [7, 11) is 1.12. The molecule has 110 valence electrons. The van der Waals surface area contributed by atoms with Crippen LogP contribution in [0.15, 0.2) is 11.3 Å². The second-order valence-electron chi connectivity index (χ2n) is 7.23. The molecule has 2 fully saturated rings. The predicted molar refractivity (Wildman–Crippen MR) is 84.3 cm³/mol. The van der Waals surface area contributed by atoms with Gasteiger partial charge < -0.3 is 14.5 Å². The summed E-state index contributed by atoms with van der Waals surface area (Å²) in [5.74, 6) is 0.686. The highest BCUT2D eigenvalue weighted by molar-refractivity contribution is 6.81. The molecule has 0 radical (unpaired) electrons. The van der Waals surface area contributed by atoms with Crippen LogP contribution in [0.1, 0.15) is 6.42 Å². The van der Waals surface area contributed by atoms with Gasteiger partial charge in [0.05, 0.1) is 21.3 Å². The molecular weight excluding hydrogens is 252 g/mol. The van der Waals surface area contributed by atoms with Crippen LogP contribution in [0.5, 0.6) is 0 Å². The zero-order valence-electron chi connectivity index (χ0n) is 13.1. The van der Waals surface area contributed by atoms with E-state index in [0.29, 0.717) is 5.92 Å². The molecule has 2 aliphatic rings. The summed E-state index contributed by atoms with van der Waals surface area (Å²) in [5, 5.41) is 0. The summed E-state index contributed by atoms with van der Waals surface area (Å²) in [5.41, 5.74) is 4.16. The van der Waals surface area contributed by atoms with E-state index in [9.17, 15) is 0 Å². The summed E-state index contributed by atoms with van der Waals surface area (Å²) in [6.07, 6.45) is 1.28. The molecule has 0 aromatic heterocycles. The summed E-state index contributed by atoms with van der Waals surface area (Å²) in [6, 6.07) is 0. The largest absolute Gasteiger partial charge is 0.376 e. The van der Waals surface area contributed by atoms with Crippen molar-refractivity contribution in [1.82, 2.24) is 9.80 Å². The summed E-state index contributed by atoms with van der Waals surface area (Å²) in [4.78, 5) is 5.04. The van der Waals surface area contributed by atoms with E-state index in [2.05, 4.69) is 42.2 Å². The van der Waals surface area contributed by atoms with Crippen LogP contribution in [0.3, 0.4) is 0 Å². The van der Waals surface area contributed by atoms with Gasteiger partial charge in [0, 0.05) is 32.1 Å². The molecule has 0 aliphatic carbocycles. The van der Waals surface area contributed by atoms with Gasteiger partial charge in [0.25, 0.3) is 0 Å². The fraction of sp³-hybridized carbons (Fsp3) is 0.867. The van der Waals surface area contributed by atoms with E-state index < -0.39 is 8.07 Å². The summed E-state index contributed by atoms with van der Waals surface area (Å²) < 4.78 is 5.70. The van der Waals surface area contributed by atoms with Crippen molar-refractivity contribution in [2.24, 2.45) is 5.92 Å². The van der Waals surface area contributed by atoms with Gasteiger partial charge in [-0.15, -0.1) is 0 Å². The number of hydrogen-bond acceptors (Lipinski definition) is 3. The second-order valence-corrected chi connectivity index (χ2v) is 12.3. The second kappa shape index (κ2) is 6.53. The molecule has 0 saturated carbocycles. The van der Waals surface area contributed by atoms with E-state index in [-0.39, 0.29) is 0 Å². The minimum atomic E-state index is -1.10. The first-order valence-corrected chi connectivity index (χ1v) is 11.2. The Hall–Kier alpha value is -0.163. The molecule has 1 unspecified atom stereocenters. The fourth-order valence-corrected chi connectivity index (χ4v) is 4.37. The normalized spacial score (nSPS) is 29.3. The number of piperazine rings is 1. The lowest BCUT2D eigenvalue weighted by Crippen LogP contribution is -2.45. The Labute approximate surface area is 119 Å². The molecular formula is C15H30N2OSi. The molecule has 0 aromatic rings. The molecule has 0 bridgehead atoms. The Morgan fingerprint density at radius 3 is 2.53 bits per heavy atom. The van der Waals surface area contributed by atoms with Gasteiger partial charge in [0.1, 0.15) is 0 Å². The monoisotopic (exact) mass is 282 g/mol. The van der Waals surface area contributed by atoms with Crippen LogP contribution in [0.25, 0.3) is 0 Å². The van der Waals surface area contributed by atoms with Crippen LogP contribution in [0, 0.1) is 5.92 Å². The first-order valence-electron chi connectivity index (χ1n) is 7.64. The molecule has 19 heavy (non-hydrogen) atoms. The first-order chi connectivity index (χ1) is 8.94. The molecule has 4 heteroatoms. The van der Waals surface area contributed by atoms with Gasteiger partial charge in [-0.1, -0.05) is 25.3 Å². The van der Waals surface area contributed by atoms with Crippen molar-refractivity contribution in [2.75, 3.05) is 53.0 Å². The van der Waals surface area contributed by atoms with Crippen LogP contribution < -0.4 is 0 Å². The van der Waals surface area contributed by atoms with Gasteiger partial charge in [-0.05, 0) is 25.6 Å². The van der Waals surface area contributed by atoms with Crippen molar-refractivity contribution in [3.63, 3.8) is 0 Å². The zero-order valence-corrected chi connectivity index (χ0v) is 14.1. The highest BCUT2D eigenvalue weighted by Gasteiger charge is 2.25. The third kappa shape index (κ3) is 5.03. The van der Waals surface area contributed by atoms with Gasteiger partial charge in [-0.3, -0.25) is 0 Å². The maximum absolute atomic E-state index is 5.70. The average Bonchev–Trinajstić information content (AvgIpc) is 2.73. The van der Waals surface area contributed by atoms with E-state index >= 15 is 0 Å². The topological polar surface area (TPSA) is 15.7 Å². The molecule has 2 saturated heterocycles. The summed E-state index contributed by atoms with van der Waals surface area (Å²) in [6.45, 7) is 15.2. The Morgan fingerprint density at radius 2 is 1.89 bits per heavy atom. The highest BCUT2D eigenvalue weighted by atomic mass is 28.3. The summed E-state index contributed by atoms with van der Waals surface area (Å²) >= 11 is 0.